The number of quaternary nitrogens is 1. The maximum Gasteiger partial charge on any atom is 0.361 e. The highest BCUT2D eigenvalue weighted by atomic mass is 16.7. The fourth-order valence-corrected chi connectivity index (χ4v) is 11.3. The van der Waals surface area contributed by atoms with Crippen LogP contribution >= 0.6 is 0 Å². The van der Waals surface area contributed by atoms with Gasteiger partial charge in [-0.2, -0.15) is 0 Å². The lowest BCUT2D eigenvalue weighted by molar-refractivity contribution is -0.870. The SMILES string of the molecule is CC/C=C\C/C=C\C/C=C\C/C=C\C/C=C\C/C=C\CCCCCCCCCCCCCCCCCCCCCCCCC(=O)OC(COC(=O)CCCCCCCCCCCCCCC/C=C\CCCCCCCCCC)COC(OCC[N+](C)(C)C)C(=O)O. The molecule has 1 N–H and O–H groups in total. The van der Waals surface area contributed by atoms with Crippen LogP contribution in [-0.4, -0.2) is 87.4 Å². The first kappa shape index (κ1) is 87.5. The van der Waals surface area contributed by atoms with Crippen molar-refractivity contribution in [2.75, 3.05) is 47.5 Å². The number of hydrogen-bond acceptors (Lipinski definition) is 7. The second-order valence-corrected chi connectivity index (χ2v) is 27.3. The summed E-state index contributed by atoms with van der Waals surface area (Å²) in [6, 6.07) is 0. The first-order valence-corrected chi connectivity index (χ1v) is 38.8. The van der Waals surface area contributed by atoms with Crippen LogP contribution < -0.4 is 0 Å². The van der Waals surface area contributed by atoms with E-state index in [2.05, 4.69) is 98.9 Å². The van der Waals surface area contributed by atoms with Crippen molar-refractivity contribution in [2.45, 2.75) is 373 Å². The van der Waals surface area contributed by atoms with E-state index in [1.54, 1.807) is 0 Å². The summed E-state index contributed by atoms with van der Waals surface area (Å²) in [5, 5.41) is 9.76. The van der Waals surface area contributed by atoms with Crippen LogP contribution in [-0.2, 0) is 33.3 Å². The third-order valence-corrected chi connectivity index (χ3v) is 17.1. The van der Waals surface area contributed by atoms with E-state index in [1.807, 2.05) is 21.1 Å². The van der Waals surface area contributed by atoms with Gasteiger partial charge >= 0.3 is 17.9 Å². The number of unbranched alkanes of at least 4 members (excludes halogenated alkanes) is 43. The normalized spacial score (nSPS) is 13.1. The molecule has 9 nitrogen and oxygen atoms in total. The Morgan fingerprint density at radius 1 is 0.341 bits per heavy atom. The van der Waals surface area contributed by atoms with Gasteiger partial charge < -0.3 is 28.5 Å². The Morgan fingerprint density at radius 3 is 0.945 bits per heavy atom. The minimum atomic E-state index is -1.51. The lowest BCUT2D eigenvalue weighted by atomic mass is 10.0. The molecule has 0 fully saturated rings. The molecule has 0 aromatic heterocycles. The Kier molecular flexibility index (Phi) is 69.5. The molecular weight excluding hydrogens is 1130 g/mol. The van der Waals surface area contributed by atoms with Gasteiger partial charge in [-0.1, -0.05) is 343 Å². The molecule has 0 aromatic rings. The number of carbonyl (C=O) groups excluding carboxylic acids is 2. The largest absolute Gasteiger partial charge is 0.477 e. The van der Waals surface area contributed by atoms with Crippen LogP contribution in [0.25, 0.3) is 0 Å². The molecule has 0 saturated heterocycles. The van der Waals surface area contributed by atoms with Gasteiger partial charge in [0.15, 0.2) is 6.10 Å². The molecule has 0 amide bonds. The lowest BCUT2D eigenvalue weighted by Crippen LogP contribution is -2.40. The lowest BCUT2D eigenvalue weighted by Gasteiger charge is -2.25. The average molecular weight is 1280 g/mol. The van der Waals surface area contributed by atoms with Crippen LogP contribution in [0.4, 0.5) is 0 Å². The van der Waals surface area contributed by atoms with E-state index < -0.39 is 18.4 Å². The van der Waals surface area contributed by atoms with Gasteiger partial charge in [0.25, 0.3) is 6.29 Å². The van der Waals surface area contributed by atoms with Crippen molar-refractivity contribution in [1.29, 1.82) is 0 Å². The summed E-state index contributed by atoms with van der Waals surface area (Å²) in [6.45, 7) is 4.82. The minimum absolute atomic E-state index is 0.179. The third-order valence-electron chi connectivity index (χ3n) is 17.1. The molecule has 2 unspecified atom stereocenters. The summed E-state index contributed by atoms with van der Waals surface area (Å²) in [5.41, 5.74) is 0. The number of nitrogens with zero attached hydrogens (tertiary/aromatic N) is 1. The second kappa shape index (κ2) is 72.3. The van der Waals surface area contributed by atoms with Gasteiger partial charge in [0.1, 0.15) is 13.2 Å². The van der Waals surface area contributed by atoms with Crippen molar-refractivity contribution in [2.24, 2.45) is 0 Å². The van der Waals surface area contributed by atoms with Gasteiger partial charge in [0.05, 0.1) is 34.4 Å². The van der Waals surface area contributed by atoms with E-state index >= 15 is 0 Å². The molecule has 0 rings (SSSR count). The van der Waals surface area contributed by atoms with Crippen LogP contribution in [0.15, 0.2) is 85.1 Å². The second-order valence-electron chi connectivity index (χ2n) is 27.3. The average Bonchev–Trinajstić information content (AvgIpc) is 3.53. The van der Waals surface area contributed by atoms with E-state index in [-0.39, 0.29) is 38.2 Å². The Morgan fingerprint density at radius 2 is 0.626 bits per heavy atom. The highest BCUT2D eigenvalue weighted by Gasteiger charge is 2.25. The molecule has 2 atom stereocenters. The predicted octanol–water partition coefficient (Wildman–Crippen LogP) is 24.6. The van der Waals surface area contributed by atoms with E-state index in [1.165, 1.54) is 257 Å². The van der Waals surface area contributed by atoms with E-state index in [9.17, 15) is 19.5 Å². The molecule has 91 heavy (non-hydrogen) atoms. The number of carboxylic acids is 1. The van der Waals surface area contributed by atoms with Crippen molar-refractivity contribution >= 4 is 17.9 Å². The van der Waals surface area contributed by atoms with Gasteiger partial charge in [-0.15, -0.1) is 0 Å². The standard InChI is InChI=1S/C82H147NO8/c1-6-8-10-12-14-16-18-20-22-24-26-28-30-32-33-34-35-36-37-38-39-40-41-42-43-44-45-46-47-49-51-53-55-57-59-61-63-65-67-69-71-73-80(85)91-78(77-90-82(81(86)87)88-75-74-83(3,4)5)76-89-79(84)72-70-68-66-64-62-60-58-56-54-52-50-48-31-29-27-25-23-21-19-17-15-13-11-9-7-2/h8,10,14,16,20,22,25-28,32-33,35-36,78,82H,6-7,9,11-13,15,17-19,21,23-24,29-31,34,37-77H2,1-5H3/p+1/b10-8-,16-14-,22-20-,27-25-,28-26-,33-32-,36-35-. The number of aliphatic carboxylic acids is 1. The number of esters is 2. The third kappa shape index (κ3) is 73.7. The summed E-state index contributed by atoms with van der Waals surface area (Å²) < 4.78 is 23.0. The topological polar surface area (TPSA) is 108 Å². The molecule has 0 heterocycles. The van der Waals surface area contributed by atoms with Gasteiger partial charge in [-0.25, -0.2) is 4.79 Å². The highest BCUT2D eigenvalue weighted by Crippen LogP contribution is 2.19. The van der Waals surface area contributed by atoms with Crippen LogP contribution in [0.1, 0.15) is 361 Å². The fourth-order valence-electron chi connectivity index (χ4n) is 11.3. The number of likely N-dealkylation sites (N-methyl/N-ethyl adjacent to an activating group) is 1. The number of hydrogen-bond donors (Lipinski definition) is 1. The number of ether oxygens (including phenoxy) is 4. The van der Waals surface area contributed by atoms with Crippen molar-refractivity contribution in [3.05, 3.63) is 85.1 Å². The zero-order valence-corrected chi connectivity index (χ0v) is 60.5. The number of allylic oxidation sites excluding steroid dienone is 14. The molecule has 0 aliphatic rings. The maximum absolute atomic E-state index is 13.0. The first-order chi connectivity index (χ1) is 44.6. The van der Waals surface area contributed by atoms with Gasteiger partial charge in [-0.05, 0) is 89.9 Å². The van der Waals surface area contributed by atoms with Gasteiger partial charge in [0, 0.05) is 12.8 Å². The summed E-state index contributed by atoms with van der Waals surface area (Å²) in [5.74, 6) is -1.98. The maximum atomic E-state index is 13.0. The first-order valence-electron chi connectivity index (χ1n) is 38.8. The summed E-state index contributed by atoms with van der Waals surface area (Å²) in [6.07, 6.45) is 95.8. The molecule has 0 spiro atoms. The molecule has 0 radical (unpaired) electrons. The zero-order chi connectivity index (χ0) is 66.1. The predicted molar refractivity (Wildman–Crippen MR) is 392 cm³/mol. The van der Waals surface area contributed by atoms with Gasteiger partial charge in [-0.3, -0.25) is 9.59 Å². The van der Waals surface area contributed by atoms with Crippen LogP contribution in [0, 0.1) is 0 Å². The fraction of sp³-hybridized carbons (Fsp3) is 0.793. The molecule has 9 heteroatoms. The molecule has 0 aromatic carbocycles. The molecule has 0 bridgehead atoms. The summed E-state index contributed by atoms with van der Waals surface area (Å²) in [7, 11) is 5.99. The Labute approximate surface area is 563 Å². The molecule has 0 aliphatic carbocycles. The van der Waals surface area contributed by atoms with E-state index in [0.717, 1.165) is 77.0 Å². The molecule has 528 valence electrons. The van der Waals surface area contributed by atoms with Crippen molar-refractivity contribution < 1.29 is 42.9 Å². The Hall–Kier alpha value is -3.53. The van der Waals surface area contributed by atoms with Gasteiger partial charge in [0.2, 0.25) is 0 Å². The smallest absolute Gasteiger partial charge is 0.361 e. The molecular formula is C82H148NO8+. The van der Waals surface area contributed by atoms with Crippen LogP contribution in [0.3, 0.4) is 0 Å². The van der Waals surface area contributed by atoms with Crippen molar-refractivity contribution in [1.82, 2.24) is 0 Å². The summed E-state index contributed by atoms with van der Waals surface area (Å²) in [4.78, 5) is 37.7. The Balaban J connectivity index is 3.98. The molecule has 0 aliphatic heterocycles. The van der Waals surface area contributed by atoms with Crippen molar-refractivity contribution in [3.8, 4) is 0 Å². The molecule has 0 saturated carbocycles. The number of rotatable bonds is 72. The quantitative estimate of drug-likeness (QED) is 0.0211. The highest BCUT2D eigenvalue weighted by molar-refractivity contribution is 5.71. The number of carbonyl (C=O) groups is 3. The van der Waals surface area contributed by atoms with E-state index in [0.29, 0.717) is 17.4 Å². The van der Waals surface area contributed by atoms with Crippen LogP contribution in [0.2, 0.25) is 0 Å². The Bertz CT molecular complexity index is 1770. The monoisotopic (exact) mass is 1280 g/mol. The van der Waals surface area contributed by atoms with E-state index in [4.69, 9.17) is 18.9 Å². The summed E-state index contributed by atoms with van der Waals surface area (Å²) >= 11 is 0. The van der Waals surface area contributed by atoms with Crippen LogP contribution in [0.5, 0.6) is 0 Å². The zero-order valence-electron chi connectivity index (χ0n) is 60.5. The van der Waals surface area contributed by atoms with Crippen molar-refractivity contribution in [3.63, 3.8) is 0 Å². The number of carboxylic acid groups (broad SMARTS) is 1. The minimum Gasteiger partial charge on any atom is -0.477 e.